The lowest BCUT2D eigenvalue weighted by molar-refractivity contribution is 0.0658. The van der Waals surface area contributed by atoms with Gasteiger partial charge >= 0.3 is 0 Å². The number of fused-ring (bicyclic) bond motifs is 2. The number of rotatable bonds is 6. The fraction of sp³-hybridized carbons (Fsp3) is 0.500. The third kappa shape index (κ3) is 4.59. The molecule has 5 heterocycles. The van der Waals surface area contributed by atoms with Gasteiger partial charge < -0.3 is 15.1 Å². The SMILES string of the molecule is CCN1CCN(Cc2ccc(Nc3ncc(Cl)c(-c4sc5c(c4C)C(=O)N(C)CC54CCC4)n3)nc2)CC1. The zero-order valence-electron chi connectivity index (χ0n) is 22.3. The van der Waals surface area contributed by atoms with Crippen LogP contribution in [0.2, 0.25) is 5.02 Å². The van der Waals surface area contributed by atoms with Crippen molar-refractivity contribution in [2.45, 2.75) is 45.1 Å². The first-order valence-corrected chi connectivity index (χ1v) is 14.7. The lowest BCUT2D eigenvalue weighted by Crippen LogP contribution is -2.50. The molecule has 1 N–H and O–H groups in total. The number of halogens is 1. The molecule has 10 heteroatoms. The minimum atomic E-state index is 0.0848. The monoisotopic (exact) mass is 551 g/mol. The fourth-order valence-electron chi connectivity index (χ4n) is 5.96. The Labute approximate surface area is 233 Å². The quantitative estimate of drug-likeness (QED) is 0.464. The number of thiophene rings is 1. The molecule has 2 fully saturated rings. The van der Waals surface area contributed by atoms with Gasteiger partial charge in [0.2, 0.25) is 5.95 Å². The number of hydrogen-bond acceptors (Lipinski definition) is 8. The lowest BCUT2D eigenvalue weighted by Gasteiger charge is -2.47. The number of pyridine rings is 1. The Bertz CT molecular complexity index is 1350. The van der Waals surface area contributed by atoms with E-state index in [0.29, 0.717) is 22.5 Å². The van der Waals surface area contributed by atoms with Crippen molar-refractivity contribution in [3.8, 4) is 10.6 Å². The van der Waals surface area contributed by atoms with Crippen molar-refractivity contribution >= 4 is 40.6 Å². The van der Waals surface area contributed by atoms with Crippen LogP contribution < -0.4 is 5.32 Å². The first kappa shape index (κ1) is 25.7. The highest BCUT2D eigenvalue weighted by molar-refractivity contribution is 7.16. The average molecular weight is 552 g/mol. The second kappa shape index (κ2) is 10.2. The van der Waals surface area contributed by atoms with E-state index >= 15 is 0 Å². The van der Waals surface area contributed by atoms with Gasteiger partial charge in [-0.25, -0.2) is 15.0 Å². The zero-order valence-corrected chi connectivity index (χ0v) is 23.8. The predicted molar refractivity (Wildman–Crippen MR) is 152 cm³/mol. The van der Waals surface area contributed by atoms with Crippen molar-refractivity contribution < 1.29 is 4.79 Å². The summed E-state index contributed by atoms with van der Waals surface area (Å²) in [5, 5.41) is 3.72. The molecule has 200 valence electrons. The Morgan fingerprint density at radius 2 is 1.87 bits per heavy atom. The molecule has 0 atom stereocenters. The highest BCUT2D eigenvalue weighted by atomic mass is 35.5. The molecule has 3 aliphatic rings. The van der Waals surface area contributed by atoms with E-state index in [1.54, 1.807) is 17.5 Å². The topological polar surface area (TPSA) is 77.5 Å². The second-order valence-corrected chi connectivity index (χ2v) is 12.3. The summed E-state index contributed by atoms with van der Waals surface area (Å²) in [6, 6.07) is 4.08. The third-order valence-corrected chi connectivity index (χ3v) is 10.2. The maximum atomic E-state index is 13.1. The summed E-state index contributed by atoms with van der Waals surface area (Å²) in [5.74, 6) is 1.22. The summed E-state index contributed by atoms with van der Waals surface area (Å²) in [7, 11) is 1.91. The summed E-state index contributed by atoms with van der Waals surface area (Å²) in [6.07, 6.45) is 7.00. The number of amides is 1. The molecule has 1 amide bonds. The number of carbonyl (C=O) groups is 1. The number of likely N-dealkylation sites (N-methyl/N-ethyl adjacent to an activating group) is 2. The molecule has 3 aromatic rings. The Balaban J connectivity index is 1.21. The maximum Gasteiger partial charge on any atom is 0.255 e. The summed E-state index contributed by atoms with van der Waals surface area (Å²) >= 11 is 8.30. The second-order valence-electron chi connectivity index (χ2n) is 10.8. The van der Waals surface area contributed by atoms with Gasteiger partial charge in [-0.1, -0.05) is 31.0 Å². The first-order chi connectivity index (χ1) is 18.4. The molecule has 0 aromatic carbocycles. The van der Waals surface area contributed by atoms with Crippen LogP contribution in [-0.2, 0) is 12.0 Å². The molecule has 1 saturated carbocycles. The number of piperazine rings is 1. The van der Waals surface area contributed by atoms with Crippen LogP contribution in [0, 0.1) is 6.92 Å². The van der Waals surface area contributed by atoms with E-state index in [-0.39, 0.29) is 11.3 Å². The van der Waals surface area contributed by atoms with E-state index in [9.17, 15) is 4.79 Å². The molecule has 1 spiro atoms. The standard InChI is InChI=1S/C28H34ClN7OS/c1-4-35-10-12-36(13-11-35)16-19-6-7-21(30-14-19)32-27-31-15-20(29)23(33-27)24-18(2)22-25(38-24)28(8-5-9-28)17-34(3)26(22)37/h6-7,14-15H,4-5,8-13,16-17H2,1-3H3,(H,30,31,32,33). The lowest BCUT2D eigenvalue weighted by atomic mass is 9.65. The van der Waals surface area contributed by atoms with Gasteiger partial charge in [0.15, 0.2) is 0 Å². The number of anilines is 2. The Hall–Kier alpha value is -2.59. The fourth-order valence-corrected chi connectivity index (χ4v) is 7.74. The van der Waals surface area contributed by atoms with Crippen LogP contribution in [0.5, 0.6) is 0 Å². The van der Waals surface area contributed by atoms with Crippen LogP contribution in [0.4, 0.5) is 11.8 Å². The molecule has 6 rings (SSSR count). The van der Waals surface area contributed by atoms with E-state index in [2.05, 4.69) is 38.1 Å². The number of aromatic nitrogens is 3. The summed E-state index contributed by atoms with van der Waals surface area (Å²) in [6.45, 7) is 11.5. The van der Waals surface area contributed by atoms with Gasteiger partial charge in [-0.2, -0.15) is 0 Å². The number of nitrogens with zero attached hydrogens (tertiary/aromatic N) is 6. The van der Waals surface area contributed by atoms with Crippen LogP contribution >= 0.6 is 22.9 Å². The van der Waals surface area contributed by atoms with E-state index in [1.165, 1.54) is 16.9 Å². The summed E-state index contributed by atoms with van der Waals surface area (Å²) in [4.78, 5) is 35.9. The smallest absolute Gasteiger partial charge is 0.255 e. The van der Waals surface area contributed by atoms with Gasteiger partial charge in [0, 0.05) is 62.8 Å². The molecule has 2 aliphatic heterocycles. The summed E-state index contributed by atoms with van der Waals surface area (Å²) < 4.78 is 0. The van der Waals surface area contributed by atoms with Crippen molar-refractivity contribution in [2.24, 2.45) is 0 Å². The van der Waals surface area contributed by atoms with Gasteiger partial charge in [-0.3, -0.25) is 9.69 Å². The third-order valence-electron chi connectivity index (χ3n) is 8.38. The molecule has 1 saturated heterocycles. The minimum absolute atomic E-state index is 0.0848. The van der Waals surface area contributed by atoms with Gasteiger partial charge in [0.25, 0.3) is 5.91 Å². The van der Waals surface area contributed by atoms with Crippen LogP contribution in [-0.4, -0.2) is 81.9 Å². The first-order valence-electron chi connectivity index (χ1n) is 13.5. The number of nitrogens with one attached hydrogen (secondary N) is 1. The van der Waals surface area contributed by atoms with Crippen molar-refractivity contribution in [1.82, 2.24) is 29.7 Å². The van der Waals surface area contributed by atoms with E-state index in [4.69, 9.17) is 16.6 Å². The molecule has 0 unspecified atom stereocenters. The summed E-state index contributed by atoms with van der Waals surface area (Å²) in [5.41, 5.74) is 3.74. The van der Waals surface area contributed by atoms with Crippen LogP contribution in [0.25, 0.3) is 10.6 Å². The molecular formula is C28H34ClN7OS. The zero-order chi connectivity index (χ0) is 26.4. The molecule has 8 nitrogen and oxygen atoms in total. The highest BCUT2D eigenvalue weighted by Crippen LogP contribution is 2.54. The van der Waals surface area contributed by atoms with Crippen molar-refractivity contribution in [1.29, 1.82) is 0 Å². The van der Waals surface area contributed by atoms with Crippen LogP contribution in [0.1, 0.15) is 52.5 Å². The number of carbonyl (C=O) groups excluding carboxylic acids is 1. The van der Waals surface area contributed by atoms with Gasteiger partial charge in [0.05, 0.1) is 21.7 Å². The van der Waals surface area contributed by atoms with E-state index in [0.717, 1.165) is 74.7 Å². The minimum Gasteiger partial charge on any atom is -0.341 e. The Kier molecular flexibility index (Phi) is 6.88. The van der Waals surface area contributed by atoms with Crippen LogP contribution in [0.3, 0.4) is 0 Å². The molecule has 0 radical (unpaired) electrons. The van der Waals surface area contributed by atoms with Crippen molar-refractivity contribution in [2.75, 3.05) is 51.6 Å². The Morgan fingerprint density at radius 1 is 1.11 bits per heavy atom. The normalized spacial score (nSPS) is 19.5. The van der Waals surface area contributed by atoms with Crippen molar-refractivity contribution in [3.63, 3.8) is 0 Å². The van der Waals surface area contributed by atoms with E-state index in [1.807, 2.05) is 31.1 Å². The highest BCUT2D eigenvalue weighted by Gasteiger charge is 2.48. The molecule has 3 aromatic heterocycles. The predicted octanol–water partition coefficient (Wildman–Crippen LogP) is 4.95. The maximum absolute atomic E-state index is 13.1. The largest absolute Gasteiger partial charge is 0.341 e. The molecular weight excluding hydrogens is 518 g/mol. The van der Waals surface area contributed by atoms with Crippen molar-refractivity contribution in [3.05, 3.63) is 51.1 Å². The number of hydrogen-bond donors (Lipinski definition) is 1. The molecule has 0 bridgehead atoms. The van der Waals surface area contributed by atoms with E-state index < -0.39 is 0 Å². The van der Waals surface area contributed by atoms with Gasteiger partial charge in [0.1, 0.15) is 11.5 Å². The van der Waals surface area contributed by atoms with Crippen LogP contribution in [0.15, 0.2) is 24.5 Å². The Morgan fingerprint density at radius 3 is 2.53 bits per heavy atom. The van der Waals surface area contributed by atoms with Gasteiger partial charge in [-0.05, 0) is 43.5 Å². The van der Waals surface area contributed by atoms with Gasteiger partial charge in [-0.15, -0.1) is 11.3 Å². The molecule has 1 aliphatic carbocycles. The molecule has 38 heavy (non-hydrogen) atoms. The average Bonchev–Trinajstić information content (AvgIpc) is 3.25.